The molecule has 27 heavy (non-hydrogen) atoms. The van der Waals surface area contributed by atoms with Crippen LogP contribution in [0.2, 0.25) is 5.02 Å². The number of halogens is 1. The lowest BCUT2D eigenvalue weighted by Gasteiger charge is -2.10. The number of nitrogens with zero attached hydrogens (tertiary/aromatic N) is 1. The van der Waals surface area contributed by atoms with Gasteiger partial charge in [0.25, 0.3) is 0 Å². The average molecular weight is 386 g/mol. The van der Waals surface area contributed by atoms with E-state index in [4.69, 9.17) is 11.6 Å². The second-order valence-corrected chi connectivity index (χ2v) is 8.01. The van der Waals surface area contributed by atoms with Gasteiger partial charge in [0.2, 0.25) is 0 Å². The molecular formula is C24H16ClNS. The lowest BCUT2D eigenvalue weighted by atomic mass is 10.2. The highest BCUT2D eigenvalue weighted by Gasteiger charge is 2.11. The van der Waals surface area contributed by atoms with E-state index in [1.165, 1.54) is 32.4 Å². The first-order valence-electron chi connectivity index (χ1n) is 8.82. The van der Waals surface area contributed by atoms with Crippen LogP contribution in [0.15, 0.2) is 107 Å². The zero-order valence-electron chi connectivity index (χ0n) is 14.5. The summed E-state index contributed by atoms with van der Waals surface area (Å²) in [5.41, 5.74) is 3.62. The molecule has 5 aromatic rings. The third-order valence-corrected chi connectivity index (χ3v) is 5.90. The van der Waals surface area contributed by atoms with E-state index in [1.807, 2.05) is 18.2 Å². The molecule has 1 heterocycles. The molecule has 0 radical (unpaired) electrons. The zero-order chi connectivity index (χ0) is 18.2. The summed E-state index contributed by atoms with van der Waals surface area (Å²) in [7, 11) is 0. The third kappa shape index (κ3) is 3.01. The van der Waals surface area contributed by atoms with Crippen molar-refractivity contribution in [3.8, 4) is 5.69 Å². The number of aromatic nitrogens is 1. The molecular weight excluding hydrogens is 370 g/mol. The molecule has 1 nitrogen and oxygen atoms in total. The van der Waals surface area contributed by atoms with Gasteiger partial charge in [-0.3, -0.25) is 0 Å². The summed E-state index contributed by atoms with van der Waals surface area (Å²) in [4.78, 5) is 2.33. The quantitative estimate of drug-likeness (QED) is 0.309. The summed E-state index contributed by atoms with van der Waals surface area (Å²) in [5.74, 6) is 0. The first-order valence-corrected chi connectivity index (χ1v) is 10.0. The van der Waals surface area contributed by atoms with Gasteiger partial charge in [0.05, 0.1) is 11.0 Å². The molecule has 0 atom stereocenters. The summed E-state index contributed by atoms with van der Waals surface area (Å²) < 4.78 is 2.34. The van der Waals surface area contributed by atoms with Crippen molar-refractivity contribution in [2.45, 2.75) is 9.79 Å². The third-order valence-electron chi connectivity index (χ3n) is 4.69. The molecule has 0 aliphatic heterocycles. The normalized spacial score (nSPS) is 11.3. The minimum absolute atomic E-state index is 0.763. The fourth-order valence-corrected chi connectivity index (χ4v) is 4.74. The van der Waals surface area contributed by atoms with Gasteiger partial charge in [0, 0.05) is 31.3 Å². The van der Waals surface area contributed by atoms with Crippen LogP contribution in [0, 0.1) is 0 Å². The number of hydrogen-bond acceptors (Lipinski definition) is 1. The maximum atomic E-state index is 6.14. The maximum Gasteiger partial charge on any atom is 0.0541 e. The second-order valence-electron chi connectivity index (χ2n) is 6.43. The van der Waals surface area contributed by atoms with E-state index >= 15 is 0 Å². The number of rotatable bonds is 3. The number of para-hydroxylation sites is 2. The molecule has 0 bridgehead atoms. The van der Waals surface area contributed by atoms with Crippen LogP contribution in [-0.2, 0) is 0 Å². The molecule has 1 aromatic heterocycles. The van der Waals surface area contributed by atoms with E-state index < -0.39 is 0 Å². The van der Waals surface area contributed by atoms with Gasteiger partial charge in [0.1, 0.15) is 0 Å². The largest absolute Gasteiger partial charge is 0.309 e. The molecule has 4 aromatic carbocycles. The Morgan fingerprint density at radius 1 is 0.593 bits per heavy atom. The van der Waals surface area contributed by atoms with Crippen LogP contribution in [0.5, 0.6) is 0 Å². The second kappa shape index (κ2) is 6.80. The number of fused-ring (bicyclic) bond motifs is 3. The minimum atomic E-state index is 0.763. The van der Waals surface area contributed by atoms with E-state index in [1.54, 1.807) is 11.8 Å². The lowest BCUT2D eigenvalue weighted by molar-refractivity contribution is 1.16. The highest BCUT2D eigenvalue weighted by molar-refractivity contribution is 7.99. The van der Waals surface area contributed by atoms with Gasteiger partial charge >= 0.3 is 0 Å². The Balaban J connectivity index is 1.67. The Bertz CT molecular complexity index is 1220. The molecule has 0 fully saturated rings. The minimum Gasteiger partial charge on any atom is -0.309 e. The molecule has 0 saturated heterocycles. The fraction of sp³-hybridized carbons (Fsp3) is 0. The van der Waals surface area contributed by atoms with Gasteiger partial charge in [-0.15, -0.1) is 0 Å². The van der Waals surface area contributed by atoms with Crippen molar-refractivity contribution in [3.05, 3.63) is 102 Å². The van der Waals surface area contributed by atoms with Gasteiger partial charge in [0.15, 0.2) is 0 Å². The molecule has 0 aliphatic rings. The van der Waals surface area contributed by atoms with Crippen molar-refractivity contribution in [1.29, 1.82) is 0 Å². The van der Waals surface area contributed by atoms with Crippen molar-refractivity contribution in [2.75, 3.05) is 0 Å². The van der Waals surface area contributed by atoms with Crippen molar-refractivity contribution >= 4 is 45.2 Å². The van der Waals surface area contributed by atoms with Crippen LogP contribution >= 0.6 is 23.4 Å². The molecule has 5 rings (SSSR count). The Labute approximate surface area is 167 Å². The maximum absolute atomic E-state index is 6.14. The van der Waals surface area contributed by atoms with E-state index in [0.717, 1.165) is 9.92 Å². The van der Waals surface area contributed by atoms with Crippen molar-refractivity contribution in [3.63, 3.8) is 0 Å². The Morgan fingerprint density at radius 2 is 1.19 bits per heavy atom. The highest BCUT2D eigenvalue weighted by Crippen LogP contribution is 2.34. The topological polar surface area (TPSA) is 4.93 Å². The summed E-state index contributed by atoms with van der Waals surface area (Å²) in [6.45, 7) is 0. The molecule has 0 N–H and O–H groups in total. The average Bonchev–Trinajstić information content (AvgIpc) is 3.03. The zero-order valence-corrected chi connectivity index (χ0v) is 16.0. The molecule has 130 valence electrons. The van der Waals surface area contributed by atoms with E-state index in [9.17, 15) is 0 Å². The molecule has 0 unspecified atom stereocenters. The van der Waals surface area contributed by atoms with Crippen molar-refractivity contribution in [2.24, 2.45) is 0 Å². The Kier molecular flexibility index (Phi) is 4.16. The molecule has 3 heteroatoms. The van der Waals surface area contributed by atoms with Crippen molar-refractivity contribution < 1.29 is 0 Å². The SMILES string of the molecule is Clc1cccc(Sc2cccc(-n3c4ccccc4c4ccccc43)c2)c1. The smallest absolute Gasteiger partial charge is 0.0541 e. The molecule has 0 saturated carbocycles. The van der Waals surface area contributed by atoms with Crippen LogP contribution < -0.4 is 0 Å². The van der Waals surface area contributed by atoms with Gasteiger partial charge in [-0.25, -0.2) is 0 Å². The summed E-state index contributed by atoms with van der Waals surface area (Å²) in [6.07, 6.45) is 0. The van der Waals surface area contributed by atoms with Gasteiger partial charge in [-0.05, 0) is 48.5 Å². The van der Waals surface area contributed by atoms with Gasteiger partial charge in [-0.1, -0.05) is 71.9 Å². The van der Waals surface area contributed by atoms with Crippen LogP contribution in [0.3, 0.4) is 0 Å². The molecule has 0 aliphatic carbocycles. The van der Waals surface area contributed by atoms with Crippen LogP contribution in [0.4, 0.5) is 0 Å². The first-order chi connectivity index (χ1) is 13.3. The Morgan fingerprint density at radius 3 is 1.85 bits per heavy atom. The van der Waals surface area contributed by atoms with E-state index in [2.05, 4.69) is 83.4 Å². The number of benzene rings is 4. The summed E-state index contributed by atoms with van der Waals surface area (Å²) in [5, 5.41) is 3.32. The first kappa shape index (κ1) is 16.5. The van der Waals surface area contributed by atoms with Crippen LogP contribution in [0.1, 0.15) is 0 Å². The standard InChI is InChI=1S/C24H16ClNS/c25-17-7-5-9-19(15-17)27-20-10-6-8-18(16-20)26-23-13-3-1-11-21(23)22-12-2-4-14-24(22)26/h1-16H. The lowest BCUT2D eigenvalue weighted by Crippen LogP contribution is -1.93. The predicted molar refractivity (Wildman–Crippen MR) is 116 cm³/mol. The van der Waals surface area contributed by atoms with Gasteiger partial charge in [-0.2, -0.15) is 0 Å². The Hall–Kier alpha value is -2.68. The summed E-state index contributed by atoms with van der Waals surface area (Å²) in [6, 6.07) is 33.8. The molecule has 0 amide bonds. The van der Waals surface area contributed by atoms with E-state index in [0.29, 0.717) is 0 Å². The highest BCUT2D eigenvalue weighted by atomic mass is 35.5. The van der Waals surface area contributed by atoms with Crippen LogP contribution in [0.25, 0.3) is 27.5 Å². The summed E-state index contributed by atoms with van der Waals surface area (Å²) >= 11 is 7.86. The van der Waals surface area contributed by atoms with E-state index in [-0.39, 0.29) is 0 Å². The van der Waals surface area contributed by atoms with Crippen molar-refractivity contribution in [1.82, 2.24) is 4.57 Å². The number of hydrogen-bond donors (Lipinski definition) is 0. The predicted octanol–water partition coefficient (Wildman–Crippen LogP) is 7.59. The monoisotopic (exact) mass is 385 g/mol. The van der Waals surface area contributed by atoms with Crippen LogP contribution in [-0.4, -0.2) is 4.57 Å². The molecule has 0 spiro atoms. The van der Waals surface area contributed by atoms with Gasteiger partial charge < -0.3 is 4.57 Å². The fourth-order valence-electron chi connectivity index (χ4n) is 3.55.